The number of aliphatic hydroxyl groups is 1. The summed E-state index contributed by atoms with van der Waals surface area (Å²) in [5.74, 6) is -2.44. The van der Waals surface area contributed by atoms with Gasteiger partial charge in [0, 0.05) is 30.5 Å². The minimum atomic E-state index is -1.25. The minimum Gasteiger partial charge on any atom is -0.432 e. The monoisotopic (exact) mass is 543 g/mol. The van der Waals surface area contributed by atoms with Crippen molar-refractivity contribution < 1.29 is 38.1 Å². The van der Waals surface area contributed by atoms with Crippen molar-refractivity contribution in [1.29, 1.82) is 0 Å². The largest absolute Gasteiger partial charge is 0.514 e. The Hall–Kier alpha value is -3.87. The molecule has 2 aromatic carbocycles. The average Bonchev–Trinajstić information content (AvgIpc) is 3.62. The fourth-order valence-corrected chi connectivity index (χ4v) is 4.68. The first-order valence-corrected chi connectivity index (χ1v) is 12.7. The van der Waals surface area contributed by atoms with Crippen LogP contribution in [0, 0.1) is 5.82 Å². The number of benzene rings is 2. The number of aliphatic hydroxyl groups excluding tert-OH is 1. The highest BCUT2D eigenvalue weighted by atomic mass is 32.1. The summed E-state index contributed by atoms with van der Waals surface area (Å²) < 4.78 is 29.2. The van der Waals surface area contributed by atoms with Crippen molar-refractivity contribution in [3.63, 3.8) is 0 Å². The van der Waals surface area contributed by atoms with E-state index < -0.39 is 23.6 Å². The summed E-state index contributed by atoms with van der Waals surface area (Å²) in [4.78, 5) is 43.5. The Balaban J connectivity index is 1.40. The Bertz CT molecular complexity index is 1290. The number of anilines is 2. The van der Waals surface area contributed by atoms with Crippen LogP contribution in [0.1, 0.15) is 33.6 Å². The Kier molecular flexibility index (Phi) is 9.35. The van der Waals surface area contributed by atoms with Gasteiger partial charge in [-0.05, 0) is 42.7 Å². The summed E-state index contributed by atoms with van der Waals surface area (Å²) in [6, 6.07) is 10.1. The molecule has 0 aliphatic carbocycles. The number of carbonyl (C=O) groups excluding carboxylic acids is 3. The van der Waals surface area contributed by atoms with E-state index in [2.05, 4.69) is 27.3 Å². The topological polar surface area (TPSA) is 127 Å². The maximum atomic E-state index is 14.7. The van der Waals surface area contributed by atoms with Crippen LogP contribution in [0.2, 0.25) is 0 Å². The van der Waals surface area contributed by atoms with Crippen LogP contribution in [0.4, 0.5) is 20.0 Å². The number of aromatic nitrogens is 1. The number of ether oxygens (including phenoxy) is 3. The van der Waals surface area contributed by atoms with Gasteiger partial charge in [-0.1, -0.05) is 23.5 Å². The first-order chi connectivity index (χ1) is 18.5. The van der Waals surface area contributed by atoms with Gasteiger partial charge in [-0.2, -0.15) is 0 Å². The molecule has 1 saturated heterocycles. The predicted molar refractivity (Wildman–Crippen MR) is 139 cm³/mol. The zero-order valence-electron chi connectivity index (χ0n) is 20.4. The summed E-state index contributed by atoms with van der Waals surface area (Å²) in [5.41, 5.74) is 1.60. The van der Waals surface area contributed by atoms with Gasteiger partial charge in [0.05, 0.1) is 30.3 Å². The lowest BCUT2D eigenvalue weighted by Crippen LogP contribution is -2.17. The van der Waals surface area contributed by atoms with Gasteiger partial charge in [0.1, 0.15) is 6.61 Å². The summed E-state index contributed by atoms with van der Waals surface area (Å²) in [7, 11) is 0. The lowest BCUT2D eigenvalue weighted by molar-refractivity contribution is 0.0389. The van der Waals surface area contributed by atoms with Crippen molar-refractivity contribution in [2.75, 3.05) is 49.7 Å². The number of carbonyl (C=O) groups is 3. The number of amides is 1. The Morgan fingerprint density at radius 2 is 1.97 bits per heavy atom. The molecule has 1 aliphatic rings. The third kappa shape index (κ3) is 6.91. The van der Waals surface area contributed by atoms with Gasteiger partial charge in [-0.25, -0.2) is 14.2 Å². The van der Waals surface area contributed by atoms with Gasteiger partial charge in [-0.3, -0.25) is 14.9 Å². The number of aldehydes is 1. The van der Waals surface area contributed by atoms with E-state index in [0.717, 1.165) is 41.4 Å². The second-order valence-corrected chi connectivity index (χ2v) is 9.29. The number of hydrogen-bond acceptors (Lipinski definition) is 10. The fraction of sp³-hybridized carbons (Fsp3) is 0.308. The molecule has 1 amide bonds. The van der Waals surface area contributed by atoms with Crippen molar-refractivity contribution in [2.24, 2.45) is 0 Å². The highest BCUT2D eigenvalue weighted by molar-refractivity contribution is 7.19. The second kappa shape index (κ2) is 13.1. The minimum absolute atomic E-state index is 0.000137. The van der Waals surface area contributed by atoms with Crippen molar-refractivity contribution in [2.45, 2.75) is 12.8 Å². The normalized spacial score (nSPS) is 12.8. The molecule has 12 heteroatoms. The van der Waals surface area contributed by atoms with E-state index >= 15 is 0 Å². The molecule has 200 valence electrons. The average molecular weight is 544 g/mol. The van der Waals surface area contributed by atoms with Gasteiger partial charge < -0.3 is 24.2 Å². The molecule has 0 unspecified atom stereocenters. The zero-order chi connectivity index (χ0) is 26.9. The van der Waals surface area contributed by atoms with Crippen LogP contribution in [0.3, 0.4) is 0 Å². The van der Waals surface area contributed by atoms with Crippen LogP contribution >= 0.6 is 11.3 Å². The van der Waals surface area contributed by atoms with E-state index in [4.69, 9.17) is 19.3 Å². The van der Waals surface area contributed by atoms with E-state index in [9.17, 15) is 18.8 Å². The molecule has 0 atom stereocenters. The van der Waals surface area contributed by atoms with E-state index in [1.165, 1.54) is 24.2 Å². The number of nitrogens with one attached hydrogen (secondary N) is 1. The summed E-state index contributed by atoms with van der Waals surface area (Å²) >= 11 is 1.26. The van der Waals surface area contributed by atoms with Gasteiger partial charge in [0.15, 0.2) is 23.0 Å². The third-order valence-corrected chi connectivity index (χ3v) is 6.62. The Morgan fingerprint density at radius 3 is 2.74 bits per heavy atom. The maximum Gasteiger partial charge on any atom is 0.514 e. The number of hydrogen-bond donors (Lipinski definition) is 2. The quantitative estimate of drug-likeness (QED) is 0.159. The highest BCUT2D eigenvalue weighted by Gasteiger charge is 2.20. The van der Waals surface area contributed by atoms with Crippen LogP contribution < -0.4 is 15.0 Å². The van der Waals surface area contributed by atoms with Crippen LogP contribution in [-0.4, -0.2) is 68.0 Å². The van der Waals surface area contributed by atoms with Crippen molar-refractivity contribution in [3.8, 4) is 16.2 Å². The Morgan fingerprint density at radius 1 is 1.16 bits per heavy atom. The van der Waals surface area contributed by atoms with E-state index in [1.807, 2.05) is 12.1 Å². The first-order valence-electron chi connectivity index (χ1n) is 11.9. The van der Waals surface area contributed by atoms with Crippen LogP contribution in [0.25, 0.3) is 10.4 Å². The van der Waals surface area contributed by atoms with E-state index in [1.54, 1.807) is 6.20 Å². The Labute approximate surface area is 222 Å². The number of nitrogens with zero attached hydrogens (tertiary/aromatic N) is 2. The summed E-state index contributed by atoms with van der Waals surface area (Å²) in [5, 5.41) is 11.5. The molecule has 0 radical (unpaired) electrons. The maximum absolute atomic E-state index is 14.7. The molecule has 0 bridgehead atoms. The van der Waals surface area contributed by atoms with Crippen molar-refractivity contribution in [3.05, 3.63) is 59.5 Å². The van der Waals surface area contributed by atoms with Gasteiger partial charge in [-0.15, -0.1) is 0 Å². The molecule has 1 aromatic heterocycles. The number of halogens is 1. The highest BCUT2D eigenvalue weighted by Crippen LogP contribution is 2.33. The fourth-order valence-electron chi connectivity index (χ4n) is 3.87. The molecule has 2 heterocycles. The second-order valence-electron chi connectivity index (χ2n) is 8.26. The van der Waals surface area contributed by atoms with Crippen LogP contribution in [0.5, 0.6) is 5.75 Å². The lowest BCUT2D eigenvalue weighted by atomic mass is 10.1. The van der Waals surface area contributed by atoms with E-state index in [-0.39, 0.29) is 43.8 Å². The first kappa shape index (κ1) is 27.2. The molecule has 1 aliphatic heterocycles. The van der Waals surface area contributed by atoms with Crippen molar-refractivity contribution >= 4 is 40.5 Å². The molecular weight excluding hydrogens is 517 g/mol. The molecule has 3 aromatic rings. The van der Waals surface area contributed by atoms with Crippen LogP contribution in [-0.2, 0) is 9.47 Å². The molecule has 1 fully saturated rings. The van der Waals surface area contributed by atoms with Gasteiger partial charge in [0.2, 0.25) is 0 Å². The predicted octanol–water partition coefficient (Wildman–Crippen LogP) is 4.14. The summed E-state index contributed by atoms with van der Waals surface area (Å²) in [6.45, 7) is 1.74. The molecule has 38 heavy (non-hydrogen) atoms. The van der Waals surface area contributed by atoms with Crippen LogP contribution in [0.15, 0.2) is 42.6 Å². The molecule has 2 N–H and O–H groups in total. The molecular formula is C26H26FN3O7S. The van der Waals surface area contributed by atoms with Gasteiger partial charge in [0.25, 0.3) is 5.91 Å². The third-order valence-electron chi connectivity index (χ3n) is 5.66. The van der Waals surface area contributed by atoms with E-state index in [0.29, 0.717) is 5.13 Å². The van der Waals surface area contributed by atoms with Crippen molar-refractivity contribution in [1.82, 2.24) is 4.98 Å². The standard InChI is InChI=1S/C26H26FN3O7S/c27-21-14-18(12-19(16-32)23(21)37-26(34)36-11-10-35-9-8-31)24(33)29-25-28-15-22(38-25)17-4-3-5-20(13-17)30-6-1-2-7-30/h3-5,12-16,31H,1-2,6-11H2,(H,28,29,33). The molecule has 0 spiro atoms. The number of thiazole rings is 1. The zero-order valence-corrected chi connectivity index (χ0v) is 21.2. The lowest BCUT2D eigenvalue weighted by Gasteiger charge is -2.18. The SMILES string of the molecule is O=Cc1cc(C(=O)Nc2ncc(-c3cccc(N4CCCC4)c3)s2)cc(F)c1OC(=O)OCCOCCO. The summed E-state index contributed by atoms with van der Waals surface area (Å²) in [6.07, 6.45) is 3.01. The molecule has 10 nitrogen and oxygen atoms in total. The number of rotatable bonds is 11. The smallest absolute Gasteiger partial charge is 0.432 e. The van der Waals surface area contributed by atoms with Gasteiger partial charge >= 0.3 is 6.16 Å². The molecule has 0 saturated carbocycles. The molecule has 4 rings (SSSR count).